The molecule has 4 aromatic rings. The summed E-state index contributed by atoms with van der Waals surface area (Å²) >= 11 is 12.2. The second-order valence-corrected chi connectivity index (χ2v) is 11.3. The molecule has 10 nitrogen and oxygen atoms in total. The molecular formula is C27H25Cl2N3O7S. The van der Waals surface area contributed by atoms with Crippen LogP contribution in [0.15, 0.2) is 64.0 Å². The smallest absolute Gasteiger partial charge is 0.379 e. The van der Waals surface area contributed by atoms with Crippen LogP contribution < -0.4 is 4.31 Å². The van der Waals surface area contributed by atoms with Gasteiger partial charge in [0.15, 0.2) is 0 Å². The largest absolute Gasteiger partial charge is 0.464 e. The zero-order valence-corrected chi connectivity index (χ0v) is 23.9. The fraction of sp³-hybridized carbons (Fsp3) is 0.259. The first-order valence-electron chi connectivity index (χ1n) is 12.3. The van der Waals surface area contributed by atoms with E-state index in [1.165, 1.54) is 24.3 Å². The molecule has 40 heavy (non-hydrogen) atoms. The topological polar surface area (TPSA) is 129 Å². The van der Waals surface area contributed by atoms with Gasteiger partial charge in [0.2, 0.25) is 0 Å². The molecule has 1 aromatic heterocycles. The van der Waals surface area contributed by atoms with Crippen molar-refractivity contribution in [2.75, 3.05) is 24.1 Å². The van der Waals surface area contributed by atoms with Gasteiger partial charge in [-0.25, -0.2) is 13.2 Å². The first-order chi connectivity index (χ1) is 19.1. The van der Waals surface area contributed by atoms with Gasteiger partial charge in [0.25, 0.3) is 21.7 Å². The zero-order chi connectivity index (χ0) is 28.9. The highest BCUT2D eigenvalue weighted by molar-refractivity contribution is 7.92. The van der Waals surface area contributed by atoms with Gasteiger partial charge in [-0.05, 0) is 65.7 Å². The van der Waals surface area contributed by atoms with Crippen molar-refractivity contribution in [3.8, 4) is 11.5 Å². The molecule has 0 aliphatic rings. The van der Waals surface area contributed by atoms with Crippen LogP contribution >= 0.6 is 23.2 Å². The molecule has 1 heterocycles. The monoisotopic (exact) mass is 605 g/mol. The predicted octanol–water partition coefficient (Wildman–Crippen LogP) is 5.91. The highest BCUT2D eigenvalue weighted by Crippen LogP contribution is 2.33. The number of unbranched alkanes of at least 4 members (excludes halogenated alkanes) is 1. The predicted molar refractivity (Wildman–Crippen MR) is 150 cm³/mol. The van der Waals surface area contributed by atoms with Crippen LogP contribution in [0.5, 0.6) is 0 Å². The minimum Gasteiger partial charge on any atom is -0.464 e. The highest BCUT2D eigenvalue weighted by atomic mass is 35.5. The second kappa shape index (κ2) is 12.7. The Hall–Kier alpha value is -3.67. The Bertz CT molecular complexity index is 1640. The average molecular weight is 606 g/mol. The van der Waals surface area contributed by atoms with Crippen LogP contribution in [0, 0.1) is 0 Å². The van der Waals surface area contributed by atoms with Crippen molar-refractivity contribution in [1.82, 2.24) is 10.1 Å². The maximum atomic E-state index is 13.8. The molecule has 0 spiro atoms. The molecule has 210 valence electrons. The van der Waals surface area contributed by atoms with Gasteiger partial charge in [-0.1, -0.05) is 54.7 Å². The number of hydrogen-bond donors (Lipinski definition) is 0. The molecule has 0 unspecified atom stereocenters. The second-order valence-electron chi connectivity index (χ2n) is 8.55. The van der Waals surface area contributed by atoms with Gasteiger partial charge >= 0.3 is 11.9 Å². The van der Waals surface area contributed by atoms with Crippen LogP contribution in [-0.4, -0.2) is 50.3 Å². The Labute approximate surface area is 240 Å². The van der Waals surface area contributed by atoms with Crippen molar-refractivity contribution in [3.05, 3.63) is 70.5 Å². The van der Waals surface area contributed by atoms with Crippen molar-refractivity contribution in [2.24, 2.45) is 0 Å². The lowest BCUT2D eigenvalue weighted by Gasteiger charge is -2.24. The first-order valence-corrected chi connectivity index (χ1v) is 14.5. The molecule has 0 aliphatic carbocycles. The van der Waals surface area contributed by atoms with Crippen LogP contribution in [0.2, 0.25) is 10.0 Å². The number of rotatable bonds is 11. The SMILES string of the molecule is CCCCOC(=O)CN(c1ccc2c(-c3nc(C(=O)OCC)no3)cccc2c1)S(=O)(=O)c1cc(Cl)cc(Cl)c1. The molecular weight excluding hydrogens is 581 g/mol. The van der Waals surface area contributed by atoms with Crippen LogP contribution in [0.3, 0.4) is 0 Å². The van der Waals surface area contributed by atoms with Crippen LogP contribution in [0.4, 0.5) is 5.69 Å². The summed E-state index contributed by atoms with van der Waals surface area (Å²) in [6.45, 7) is 3.37. The number of anilines is 1. The lowest BCUT2D eigenvalue weighted by Crippen LogP contribution is -2.36. The third-order valence-electron chi connectivity index (χ3n) is 5.72. The summed E-state index contributed by atoms with van der Waals surface area (Å²) in [6, 6.07) is 13.9. The standard InChI is InChI=1S/C27H25Cl2N3O7S/c1-3-5-11-38-24(33)16-32(40(35,36)21-14-18(28)13-19(29)15-21)20-9-10-22-17(12-20)7-6-8-23(22)26-30-25(31-39-26)27(34)37-4-2/h6-10,12-15H,3-5,11,16H2,1-2H3. The van der Waals surface area contributed by atoms with Gasteiger partial charge in [-0.3, -0.25) is 9.10 Å². The molecule has 13 heteroatoms. The summed E-state index contributed by atoms with van der Waals surface area (Å²) in [5, 5.41) is 5.18. The number of carbonyl (C=O) groups excluding carboxylic acids is 2. The van der Waals surface area contributed by atoms with Gasteiger partial charge in [0.05, 0.1) is 23.8 Å². The molecule has 0 aliphatic heterocycles. The number of esters is 2. The van der Waals surface area contributed by atoms with E-state index in [1.54, 1.807) is 37.3 Å². The van der Waals surface area contributed by atoms with E-state index in [-0.39, 0.29) is 45.6 Å². The van der Waals surface area contributed by atoms with Gasteiger partial charge in [-0.15, -0.1) is 0 Å². The van der Waals surface area contributed by atoms with E-state index in [9.17, 15) is 18.0 Å². The first kappa shape index (κ1) is 29.3. The number of fused-ring (bicyclic) bond motifs is 1. The fourth-order valence-electron chi connectivity index (χ4n) is 3.84. The summed E-state index contributed by atoms with van der Waals surface area (Å²) in [4.78, 5) is 28.6. The van der Waals surface area contributed by atoms with E-state index in [4.69, 9.17) is 37.2 Å². The summed E-state index contributed by atoms with van der Waals surface area (Å²) in [5.41, 5.74) is 0.716. The summed E-state index contributed by atoms with van der Waals surface area (Å²) in [7, 11) is -4.30. The van der Waals surface area contributed by atoms with E-state index >= 15 is 0 Å². The quantitative estimate of drug-likeness (QED) is 0.151. The molecule has 0 bridgehead atoms. The maximum Gasteiger partial charge on any atom is 0.379 e. The molecule has 4 rings (SSSR count). The van der Waals surface area contributed by atoms with Gasteiger partial charge in [-0.2, -0.15) is 4.98 Å². The van der Waals surface area contributed by atoms with Crippen LogP contribution in [0.1, 0.15) is 37.3 Å². The number of halogens is 2. The normalized spacial score (nSPS) is 11.4. The third-order valence-corrected chi connectivity index (χ3v) is 7.91. The van der Waals surface area contributed by atoms with Crippen molar-refractivity contribution in [3.63, 3.8) is 0 Å². The van der Waals surface area contributed by atoms with Crippen molar-refractivity contribution >= 4 is 61.6 Å². The molecule has 0 atom stereocenters. The van der Waals surface area contributed by atoms with Gasteiger partial charge in [0, 0.05) is 15.6 Å². The Morgan fingerprint density at radius 2 is 1.75 bits per heavy atom. The number of carbonyl (C=O) groups is 2. The van der Waals surface area contributed by atoms with Crippen LogP contribution in [-0.2, 0) is 24.3 Å². The van der Waals surface area contributed by atoms with E-state index < -0.39 is 28.5 Å². The van der Waals surface area contributed by atoms with Crippen molar-refractivity contribution < 1.29 is 32.0 Å². The highest BCUT2D eigenvalue weighted by Gasteiger charge is 2.29. The molecule has 0 fully saturated rings. The molecule has 0 radical (unpaired) electrons. The summed E-state index contributed by atoms with van der Waals surface area (Å²) < 4.78 is 43.9. The molecule has 0 N–H and O–H groups in total. The number of sulfonamides is 1. The Kier molecular flexibility index (Phi) is 9.28. The van der Waals surface area contributed by atoms with E-state index in [0.29, 0.717) is 22.8 Å². The maximum absolute atomic E-state index is 13.8. The van der Waals surface area contributed by atoms with E-state index in [0.717, 1.165) is 10.7 Å². The van der Waals surface area contributed by atoms with Crippen LogP contribution in [0.25, 0.3) is 22.2 Å². The number of nitrogens with zero attached hydrogens (tertiary/aromatic N) is 3. The summed E-state index contributed by atoms with van der Waals surface area (Å²) in [5.74, 6) is -1.56. The fourth-order valence-corrected chi connectivity index (χ4v) is 5.97. The Morgan fingerprint density at radius 3 is 2.45 bits per heavy atom. The van der Waals surface area contributed by atoms with Crippen molar-refractivity contribution in [1.29, 1.82) is 0 Å². The molecule has 3 aromatic carbocycles. The lowest BCUT2D eigenvalue weighted by atomic mass is 10.0. The minimum absolute atomic E-state index is 0.0824. The Balaban J connectivity index is 1.76. The van der Waals surface area contributed by atoms with Gasteiger partial charge < -0.3 is 14.0 Å². The van der Waals surface area contributed by atoms with Crippen molar-refractivity contribution in [2.45, 2.75) is 31.6 Å². The summed E-state index contributed by atoms with van der Waals surface area (Å²) in [6.07, 6.45) is 1.46. The zero-order valence-electron chi connectivity index (χ0n) is 21.6. The number of ether oxygens (including phenoxy) is 2. The number of aromatic nitrogens is 2. The third kappa shape index (κ3) is 6.55. The minimum atomic E-state index is -4.30. The average Bonchev–Trinajstić information content (AvgIpc) is 3.41. The van der Waals surface area contributed by atoms with E-state index in [1.807, 2.05) is 6.92 Å². The Morgan fingerprint density at radius 1 is 1.00 bits per heavy atom. The van der Waals surface area contributed by atoms with E-state index in [2.05, 4.69) is 10.1 Å². The van der Waals surface area contributed by atoms with Gasteiger partial charge in [0.1, 0.15) is 6.54 Å². The number of benzene rings is 3. The molecule has 0 amide bonds. The molecule has 0 saturated heterocycles. The number of hydrogen-bond acceptors (Lipinski definition) is 9. The lowest BCUT2D eigenvalue weighted by molar-refractivity contribution is -0.141. The molecule has 0 saturated carbocycles.